The van der Waals surface area contributed by atoms with Crippen LogP contribution in [0.2, 0.25) is 0 Å². The second-order valence-electron chi connectivity index (χ2n) is 3.47. The molecule has 0 amide bonds. The Hall–Kier alpha value is -2.25. The molecule has 0 aliphatic heterocycles. The fraction of sp³-hybridized carbons (Fsp3) is 0. The van der Waals surface area contributed by atoms with E-state index in [-0.39, 0.29) is 5.71 Å². The van der Waals surface area contributed by atoms with Crippen LogP contribution in [0, 0.1) is 11.3 Å². The number of rotatable bonds is 3. The van der Waals surface area contributed by atoms with Gasteiger partial charge >= 0.3 is 0 Å². The Morgan fingerprint density at radius 1 is 1.06 bits per heavy atom. The first-order valence-corrected chi connectivity index (χ1v) is 6.11. The monoisotopic (exact) mass is 254 g/mol. The first-order valence-electron chi connectivity index (χ1n) is 5.29. The van der Waals surface area contributed by atoms with E-state index in [1.807, 2.05) is 54.6 Å². The lowest BCUT2D eigenvalue weighted by molar-refractivity contribution is 0.320. The van der Waals surface area contributed by atoms with Gasteiger partial charge in [-0.25, -0.2) is 0 Å². The predicted octanol–water partition coefficient (Wildman–Crippen LogP) is 3.54. The second kappa shape index (κ2) is 5.89. The highest BCUT2D eigenvalue weighted by atomic mass is 32.2. The van der Waals surface area contributed by atoms with Crippen LogP contribution in [0.3, 0.4) is 0 Å². The van der Waals surface area contributed by atoms with E-state index in [0.717, 1.165) is 9.79 Å². The van der Waals surface area contributed by atoms with Gasteiger partial charge in [0.05, 0.1) is 0 Å². The van der Waals surface area contributed by atoms with Crippen LogP contribution in [0.15, 0.2) is 69.5 Å². The van der Waals surface area contributed by atoms with Crippen molar-refractivity contribution in [3.05, 3.63) is 60.2 Å². The average molecular weight is 254 g/mol. The molecule has 0 saturated heterocycles. The lowest BCUT2D eigenvalue weighted by atomic mass is 10.1. The molecule has 0 saturated carbocycles. The fourth-order valence-electron chi connectivity index (χ4n) is 1.50. The van der Waals surface area contributed by atoms with Crippen molar-refractivity contribution in [3.63, 3.8) is 0 Å². The van der Waals surface area contributed by atoms with Crippen molar-refractivity contribution >= 4 is 17.5 Å². The number of hydrogen-bond donors (Lipinski definition) is 1. The van der Waals surface area contributed by atoms with Crippen LogP contribution in [0.5, 0.6) is 0 Å². The minimum atomic E-state index is 0.0223. The molecule has 0 aromatic heterocycles. The van der Waals surface area contributed by atoms with Crippen LogP contribution in [0.25, 0.3) is 0 Å². The summed E-state index contributed by atoms with van der Waals surface area (Å²) in [7, 11) is 0. The molecular weight excluding hydrogens is 244 g/mol. The van der Waals surface area contributed by atoms with E-state index >= 15 is 0 Å². The van der Waals surface area contributed by atoms with Crippen LogP contribution in [0.4, 0.5) is 0 Å². The maximum Gasteiger partial charge on any atom is 0.187 e. The molecule has 2 aromatic carbocycles. The molecule has 0 aliphatic carbocycles. The van der Waals surface area contributed by atoms with Crippen molar-refractivity contribution < 1.29 is 5.21 Å². The quantitative estimate of drug-likeness (QED) is 0.518. The summed E-state index contributed by atoms with van der Waals surface area (Å²) in [6.07, 6.45) is 0. The molecule has 4 heteroatoms. The van der Waals surface area contributed by atoms with Crippen LogP contribution in [-0.2, 0) is 0 Å². The number of hydrogen-bond acceptors (Lipinski definition) is 4. The first kappa shape index (κ1) is 12.2. The predicted molar refractivity (Wildman–Crippen MR) is 70.9 cm³/mol. The second-order valence-corrected chi connectivity index (χ2v) is 4.59. The van der Waals surface area contributed by atoms with Gasteiger partial charge in [-0.3, -0.25) is 0 Å². The van der Waals surface area contributed by atoms with Gasteiger partial charge in [-0.05, 0) is 18.2 Å². The molecular formula is C14H10N2OS. The number of oxime groups is 1. The van der Waals surface area contributed by atoms with E-state index in [1.54, 1.807) is 6.07 Å². The summed E-state index contributed by atoms with van der Waals surface area (Å²) < 4.78 is 0. The van der Waals surface area contributed by atoms with E-state index in [2.05, 4.69) is 5.16 Å². The molecule has 88 valence electrons. The average Bonchev–Trinajstić information content (AvgIpc) is 2.43. The molecule has 3 nitrogen and oxygen atoms in total. The zero-order chi connectivity index (χ0) is 12.8. The number of benzene rings is 2. The third-order valence-electron chi connectivity index (χ3n) is 2.32. The highest BCUT2D eigenvalue weighted by Gasteiger charge is 2.09. The molecule has 0 heterocycles. The molecule has 0 unspecified atom stereocenters. The third kappa shape index (κ3) is 2.70. The van der Waals surface area contributed by atoms with Gasteiger partial charge in [0.2, 0.25) is 0 Å². The molecule has 2 aromatic rings. The Morgan fingerprint density at radius 3 is 2.39 bits per heavy atom. The highest BCUT2D eigenvalue weighted by molar-refractivity contribution is 7.99. The molecule has 0 atom stereocenters. The summed E-state index contributed by atoms with van der Waals surface area (Å²) >= 11 is 1.53. The lowest BCUT2D eigenvalue weighted by Crippen LogP contribution is -1.99. The maximum absolute atomic E-state index is 8.92. The van der Waals surface area contributed by atoms with Gasteiger partial charge in [-0.1, -0.05) is 53.3 Å². The maximum atomic E-state index is 8.92. The zero-order valence-electron chi connectivity index (χ0n) is 9.45. The standard InChI is InChI=1S/C14H10N2OS/c15-10-13(16-17)12-8-4-5-9-14(12)18-11-6-2-1-3-7-11/h1-9,17H/b16-13-. The highest BCUT2D eigenvalue weighted by Crippen LogP contribution is 2.30. The first-order chi connectivity index (χ1) is 8.85. The molecule has 0 spiro atoms. The molecule has 0 bridgehead atoms. The van der Waals surface area contributed by atoms with Crippen molar-refractivity contribution in [1.29, 1.82) is 5.26 Å². The third-order valence-corrected chi connectivity index (χ3v) is 3.40. The van der Waals surface area contributed by atoms with Gasteiger partial charge in [0.25, 0.3) is 0 Å². The largest absolute Gasteiger partial charge is 0.410 e. The fourth-order valence-corrected chi connectivity index (χ4v) is 2.47. The topological polar surface area (TPSA) is 56.4 Å². The van der Waals surface area contributed by atoms with Crippen molar-refractivity contribution in [3.8, 4) is 6.07 Å². The molecule has 0 aliphatic rings. The van der Waals surface area contributed by atoms with Crippen molar-refractivity contribution in [1.82, 2.24) is 0 Å². The van der Waals surface area contributed by atoms with E-state index in [9.17, 15) is 0 Å². The molecule has 0 radical (unpaired) electrons. The van der Waals surface area contributed by atoms with Crippen LogP contribution in [0.1, 0.15) is 5.56 Å². The summed E-state index contributed by atoms with van der Waals surface area (Å²) in [6.45, 7) is 0. The molecule has 0 fully saturated rings. The van der Waals surface area contributed by atoms with E-state index in [4.69, 9.17) is 10.5 Å². The minimum absolute atomic E-state index is 0.0223. The van der Waals surface area contributed by atoms with Gasteiger partial charge in [-0.15, -0.1) is 0 Å². The summed E-state index contributed by atoms with van der Waals surface area (Å²) in [5.41, 5.74) is 0.658. The zero-order valence-corrected chi connectivity index (χ0v) is 10.3. The molecule has 2 rings (SSSR count). The Bertz CT molecular complexity index is 603. The number of nitrogens with zero attached hydrogens (tertiary/aromatic N) is 2. The Labute approximate surface area is 109 Å². The summed E-state index contributed by atoms with van der Waals surface area (Å²) in [5.74, 6) is 0. The van der Waals surface area contributed by atoms with Gasteiger partial charge < -0.3 is 5.21 Å². The van der Waals surface area contributed by atoms with Gasteiger partial charge in [0, 0.05) is 15.4 Å². The van der Waals surface area contributed by atoms with Crippen LogP contribution < -0.4 is 0 Å². The normalized spacial score (nSPS) is 10.9. The Morgan fingerprint density at radius 2 is 1.72 bits per heavy atom. The van der Waals surface area contributed by atoms with Crippen molar-refractivity contribution in [2.75, 3.05) is 0 Å². The van der Waals surface area contributed by atoms with E-state index in [1.165, 1.54) is 11.8 Å². The van der Waals surface area contributed by atoms with Gasteiger partial charge in [0.1, 0.15) is 6.07 Å². The Balaban J connectivity index is 2.38. The smallest absolute Gasteiger partial charge is 0.187 e. The lowest BCUT2D eigenvalue weighted by Gasteiger charge is -2.06. The van der Waals surface area contributed by atoms with E-state index < -0.39 is 0 Å². The van der Waals surface area contributed by atoms with Gasteiger partial charge in [-0.2, -0.15) is 5.26 Å². The van der Waals surface area contributed by atoms with E-state index in [0.29, 0.717) is 5.56 Å². The van der Waals surface area contributed by atoms with Crippen LogP contribution in [-0.4, -0.2) is 10.9 Å². The minimum Gasteiger partial charge on any atom is -0.410 e. The summed E-state index contributed by atoms with van der Waals surface area (Å²) in [5, 5.41) is 20.8. The van der Waals surface area contributed by atoms with Gasteiger partial charge in [0.15, 0.2) is 5.71 Å². The van der Waals surface area contributed by atoms with Crippen molar-refractivity contribution in [2.24, 2.45) is 5.16 Å². The SMILES string of the molecule is N#C/C(=N/O)c1ccccc1Sc1ccccc1. The molecule has 1 N–H and O–H groups in total. The molecule has 18 heavy (non-hydrogen) atoms. The number of nitriles is 1. The van der Waals surface area contributed by atoms with Crippen LogP contribution >= 0.6 is 11.8 Å². The summed E-state index contributed by atoms with van der Waals surface area (Å²) in [6, 6.07) is 19.1. The Kier molecular flexibility index (Phi) is 4.00. The van der Waals surface area contributed by atoms with Crippen molar-refractivity contribution in [2.45, 2.75) is 9.79 Å². The summed E-state index contributed by atoms with van der Waals surface area (Å²) in [4.78, 5) is 1.96.